The SMILES string of the molecule is Cc1cc(Br)cc(C)c1-c1ccc(-c2cccc(-c3cc(Oc4ccccc4)c(F)cc3F)n2)cc1. The molecule has 0 aliphatic carbocycles. The number of rotatable bonds is 5. The Kier molecular flexibility index (Phi) is 6.66. The first-order valence-corrected chi connectivity index (χ1v) is 12.3. The number of benzene rings is 4. The van der Waals surface area contributed by atoms with Crippen LogP contribution >= 0.6 is 15.9 Å². The van der Waals surface area contributed by atoms with Gasteiger partial charge < -0.3 is 4.74 Å². The van der Waals surface area contributed by atoms with Crippen molar-refractivity contribution in [3.63, 3.8) is 0 Å². The maximum Gasteiger partial charge on any atom is 0.168 e. The quantitative estimate of drug-likeness (QED) is 0.221. The van der Waals surface area contributed by atoms with E-state index in [1.807, 2.05) is 30.3 Å². The molecule has 1 heterocycles. The van der Waals surface area contributed by atoms with Gasteiger partial charge in [0, 0.05) is 21.7 Å². The molecule has 0 saturated heterocycles. The molecule has 5 heteroatoms. The molecule has 0 amide bonds. The van der Waals surface area contributed by atoms with Gasteiger partial charge in [0.1, 0.15) is 11.6 Å². The molecule has 0 N–H and O–H groups in total. The van der Waals surface area contributed by atoms with Gasteiger partial charge in [-0.2, -0.15) is 0 Å². The Morgan fingerprint density at radius 1 is 0.667 bits per heavy atom. The van der Waals surface area contributed by atoms with Gasteiger partial charge in [0.15, 0.2) is 11.6 Å². The number of aromatic nitrogens is 1. The topological polar surface area (TPSA) is 22.1 Å². The first kappa shape index (κ1) is 23.9. The molecule has 1 aromatic heterocycles. The lowest BCUT2D eigenvalue weighted by molar-refractivity contribution is 0.438. The van der Waals surface area contributed by atoms with E-state index in [-0.39, 0.29) is 11.3 Å². The van der Waals surface area contributed by atoms with Crippen molar-refractivity contribution in [2.45, 2.75) is 13.8 Å². The van der Waals surface area contributed by atoms with Gasteiger partial charge in [0.25, 0.3) is 0 Å². The fourth-order valence-corrected chi connectivity index (χ4v) is 5.03. The second-order valence-corrected chi connectivity index (χ2v) is 9.49. The first-order valence-electron chi connectivity index (χ1n) is 11.5. The zero-order chi connectivity index (χ0) is 25.2. The van der Waals surface area contributed by atoms with E-state index in [9.17, 15) is 8.78 Å². The average molecular weight is 542 g/mol. The average Bonchev–Trinajstić information content (AvgIpc) is 2.86. The minimum atomic E-state index is -0.773. The van der Waals surface area contributed by atoms with E-state index in [4.69, 9.17) is 4.74 Å². The van der Waals surface area contributed by atoms with Crippen LogP contribution in [0, 0.1) is 25.5 Å². The van der Waals surface area contributed by atoms with Gasteiger partial charge in [0.05, 0.1) is 11.4 Å². The van der Waals surface area contributed by atoms with Crippen LogP contribution in [0.5, 0.6) is 11.5 Å². The summed E-state index contributed by atoms with van der Waals surface area (Å²) < 4.78 is 35.9. The molecule has 178 valence electrons. The molecule has 5 aromatic rings. The third-order valence-electron chi connectivity index (χ3n) is 5.98. The van der Waals surface area contributed by atoms with Gasteiger partial charge in [0.2, 0.25) is 0 Å². The molecule has 0 aliphatic rings. The summed E-state index contributed by atoms with van der Waals surface area (Å²) in [6.45, 7) is 4.19. The van der Waals surface area contributed by atoms with Crippen molar-refractivity contribution in [3.05, 3.63) is 124 Å². The second-order valence-electron chi connectivity index (χ2n) is 8.58. The molecule has 5 rings (SSSR count). The number of hydrogen-bond acceptors (Lipinski definition) is 2. The molecule has 0 spiro atoms. The number of aryl methyl sites for hydroxylation is 2. The molecule has 0 fully saturated rings. The Morgan fingerprint density at radius 3 is 2.00 bits per heavy atom. The Bertz CT molecular complexity index is 1530. The molecular weight excluding hydrogens is 520 g/mol. The van der Waals surface area contributed by atoms with Crippen LogP contribution in [0.1, 0.15) is 11.1 Å². The molecule has 0 bridgehead atoms. The highest BCUT2D eigenvalue weighted by molar-refractivity contribution is 9.10. The molecular formula is C31H22BrF2NO. The minimum absolute atomic E-state index is 0.0607. The monoisotopic (exact) mass is 541 g/mol. The summed E-state index contributed by atoms with van der Waals surface area (Å²) >= 11 is 3.55. The lowest BCUT2D eigenvalue weighted by Gasteiger charge is -2.12. The van der Waals surface area contributed by atoms with Crippen LogP contribution in [-0.2, 0) is 0 Å². The third kappa shape index (κ3) is 4.93. The van der Waals surface area contributed by atoms with Crippen molar-refractivity contribution in [1.82, 2.24) is 4.98 Å². The van der Waals surface area contributed by atoms with Crippen LogP contribution in [0.15, 0.2) is 102 Å². The largest absolute Gasteiger partial charge is 0.454 e. The predicted molar refractivity (Wildman–Crippen MR) is 144 cm³/mol. The summed E-state index contributed by atoms with van der Waals surface area (Å²) in [6, 6.07) is 28.8. The van der Waals surface area contributed by atoms with Crippen LogP contribution in [0.4, 0.5) is 8.78 Å². The van der Waals surface area contributed by atoms with Crippen molar-refractivity contribution in [3.8, 4) is 45.1 Å². The third-order valence-corrected chi connectivity index (χ3v) is 6.44. The lowest BCUT2D eigenvalue weighted by Crippen LogP contribution is -1.95. The molecule has 0 radical (unpaired) electrons. The van der Waals surface area contributed by atoms with Gasteiger partial charge in [-0.3, -0.25) is 0 Å². The summed E-state index contributed by atoms with van der Waals surface area (Å²) in [5.74, 6) is -1.07. The molecule has 0 aliphatic heterocycles. The number of halogens is 3. The minimum Gasteiger partial charge on any atom is -0.454 e. The fourth-order valence-electron chi connectivity index (χ4n) is 4.34. The number of hydrogen-bond donors (Lipinski definition) is 0. The Morgan fingerprint density at radius 2 is 1.31 bits per heavy atom. The van der Waals surface area contributed by atoms with Gasteiger partial charge in [-0.25, -0.2) is 13.8 Å². The molecule has 4 aromatic carbocycles. The van der Waals surface area contributed by atoms with Crippen molar-refractivity contribution in [2.24, 2.45) is 0 Å². The summed E-state index contributed by atoms with van der Waals surface area (Å²) in [4.78, 5) is 4.68. The van der Waals surface area contributed by atoms with Gasteiger partial charge in [-0.05, 0) is 78.6 Å². The number of pyridine rings is 1. The van der Waals surface area contributed by atoms with E-state index in [0.717, 1.165) is 21.7 Å². The maximum atomic E-state index is 14.8. The van der Waals surface area contributed by atoms with Gasteiger partial charge in [-0.15, -0.1) is 0 Å². The highest BCUT2D eigenvalue weighted by atomic mass is 79.9. The van der Waals surface area contributed by atoms with Crippen LogP contribution in [0.25, 0.3) is 33.6 Å². The predicted octanol–water partition coefficient (Wildman–Crippen LogP) is 9.53. The van der Waals surface area contributed by atoms with E-state index >= 15 is 0 Å². The molecule has 2 nitrogen and oxygen atoms in total. The summed E-state index contributed by atoms with van der Waals surface area (Å²) in [5.41, 5.74) is 6.85. The highest BCUT2D eigenvalue weighted by Gasteiger charge is 2.15. The second kappa shape index (κ2) is 10.0. The first-order chi connectivity index (χ1) is 17.4. The van der Waals surface area contributed by atoms with Crippen LogP contribution in [-0.4, -0.2) is 4.98 Å². The number of ether oxygens (including phenoxy) is 1. The van der Waals surface area contributed by atoms with Gasteiger partial charge in [-0.1, -0.05) is 64.5 Å². The smallest absolute Gasteiger partial charge is 0.168 e. The summed E-state index contributed by atoms with van der Waals surface area (Å²) in [6.07, 6.45) is 0. The Balaban J connectivity index is 1.48. The Hall–Kier alpha value is -3.83. The fraction of sp³-hybridized carbons (Fsp3) is 0.0645. The van der Waals surface area contributed by atoms with E-state index < -0.39 is 11.6 Å². The van der Waals surface area contributed by atoms with E-state index in [0.29, 0.717) is 17.1 Å². The molecule has 0 atom stereocenters. The zero-order valence-corrected chi connectivity index (χ0v) is 21.3. The molecule has 0 saturated carbocycles. The molecule has 0 unspecified atom stereocenters. The molecule has 36 heavy (non-hydrogen) atoms. The zero-order valence-electron chi connectivity index (χ0n) is 19.7. The van der Waals surface area contributed by atoms with Crippen molar-refractivity contribution >= 4 is 15.9 Å². The Labute approximate surface area is 217 Å². The van der Waals surface area contributed by atoms with Crippen LogP contribution in [0.2, 0.25) is 0 Å². The van der Waals surface area contributed by atoms with Crippen molar-refractivity contribution < 1.29 is 13.5 Å². The van der Waals surface area contributed by atoms with Crippen molar-refractivity contribution in [2.75, 3.05) is 0 Å². The van der Waals surface area contributed by atoms with E-state index in [1.54, 1.807) is 30.3 Å². The normalized spacial score (nSPS) is 10.9. The number of para-hydroxylation sites is 1. The summed E-state index contributed by atoms with van der Waals surface area (Å²) in [7, 11) is 0. The lowest BCUT2D eigenvalue weighted by atomic mass is 9.95. The highest BCUT2D eigenvalue weighted by Crippen LogP contribution is 2.34. The number of nitrogens with zero attached hydrogens (tertiary/aromatic N) is 1. The van der Waals surface area contributed by atoms with Crippen LogP contribution in [0.3, 0.4) is 0 Å². The summed E-state index contributed by atoms with van der Waals surface area (Å²) in [5, 5.41) is 0. The van der Waals surface area contributed by atoms with Crippen LogP contribution < -0.4 is 4.74 Å². The standard InChI is InChI=1S/C31H22BrF2NO/c1-19-15-23(32)16-20(2)31(19)22-13-11-21(12-14-22)28-9-6-10-29(35-28)25-17-30(27(34)18-26(25)33)36-24-7-4-3-5-8-24/h3-18H,1-2H3. The van der Waals surface area contributed by atoms with Crippen molar-refractivity contribution in [1.29, 1.82) is 0 Å². The van der Waals surface area contributed by atoms with Gasteiger partial charge >= 0.3 is 0 Å². The maximum absolute atomic E-state index is 14.8. The van der Waals surface area contributed by atoms with E-state index in [1.165, 1.54) is 22.8 Å². The van der Waals surface area contributed by atoms with E-state index in [2.05, 4.69) is 59.0 Å².